The van der Waals surface area contributed by atoms with Gasteiger partial charge in [0.1, 0.15) is 11.6 Å². The Morgan fingerprint density at radius 3 is 2.72 bits per heavy atom. The molecule has 0 aliphatic carbocycles. The molecule has 1 N–H and O–H groups in total. The maximum absolute atomic E-state index is 13.3. The largest absolute Gasteiger partial charge is 0.457 e. The normalized spacial score (nSPS) is 10.4. The molecule has 1 amide bonds. The molecule has 0 spiro atoms. The van der Waals surface area contributed by atoms with Gasteiger partial charge in [-0.15, -0.1) is 0 Å². The molecule has 0 aliphatic rings. The molecule has 0 aliphatic heterocycles. The molecule has 1 aromatic carbocycles. The second-order valence-electron chi connectivity index (χ2n) is 3.53. The topological polar surface area (TPSA) is 42.2 Å². The predicted molar refractivity (Wildman–Crippen MR) is 63.9 cm³/mol. The predicted octanol–water partition coefficient (Wildman–Crippen LogP) is 3.25. The van der Waals surface area contributed by atoms with Crippen LogP contribution in [0.15, 0.2) is 39.6 Å². The van der Waals surface area contributed by atoms with Gasteiger partial charge in [-0.05, 0) is 28.1 Å². The summed E-state index contributed by atoms with van der Waals surface area (Å²) in [5.74, 6) is -1.75. The van der Waals surface area contributed by atoms with Crippen molar-refractivity contribution >= 4 is 21.8 Å². The van der Waals surface area contributed by atoms with Crippen LogP contribution >= 0.6 is 15.9 Å². The average molecular weight is 316 g/mol. The second-order valence-corrected chi connectivity index (χ2v) is 4.25. The molecular weight excluding hydrogens is 308 g/mol. The van der Waals surface area contributed by atoms with Gasteiger partial charge in [0, 0.05) is 18.2 Å². The van der Waals surface area contributed by atoms with Crippen LogP contribution in [-0.4, -0.2) is 5.91 Å². The van der Waals surface area contributed by atoms with Crippen molar-refractivity contribution in [3.63, 3.8) is 0 Å². The van der Waals surface area contributed by atoms with Crippen molar-refractivity contribution in [2.75, 3.05) is 0 Å². The third-order valence-electron chi connectivity index (χ3n) is 2.32. The zero-order valence-electron chi connectivity index (χ0n) is 9.04. The SMILES string of the molecule is O=C(NCc1ccc(F)cc1F)c1ccoc1Br. The van der Waals surface area contributed by atoms with E-state index in [1.807, 2.05) is 0 Å². The molecule has 0 radical (unpaired) electrons. The lowest BCUT2D eigenvalue weighted by atomic mass is 10.2. The summed E-state index contributed by atoms with van der Waals surface area (Å²) in [6.45, 7) is -0.0252. The number of carbonyl (C=O) groups is 1. The number of rotatable bonds is 3. The zero-order valence-corrected chi connectivity index (χ0v) is 10.6. The maximum Gasteiger partial charge on any atom is 0.256 e. The number of amides is 1. The highest BCUT2D eigenvalue weighted by Gasteiger charge is 2.13. The molecule has 0 bridgehead atoms. The Balaban J connectivity index is 2.04. The highest BCUT2D eigenvalue weighted by atomic mass is 79.9. The third kappa shape index (κ3) is 2.76. The van der Waals surface area contributed by atoms with Crippen LogP contribution in [-0.2, 0) is 6.54 Å². The van der Waals surface area contributed by atoms with E-state index in [1.165, 1.54) is 18.4 Å². The van der Waals surface area contributed by atoms with E-state index >= 15 is 0 Å². The fourth-order valence-corrected chi connectivity index (χ4v) is 1.81. The first-order chi connectivity index (χ1) is 8.58. The lowest BCUT2D eigenvalue weighted by molar-refractivity contribution is 0.0949. The van der Waals surface area contributed by atoms with Crippen LogP contribution in [0.25, 0.3) is 0 Å². The Morgan fingerprint density at radius 1 is 1.33 bits per heavy atom. The first kappa shape index (κ1) is 12.8. The Labute approximate surface area is 110 Å². The zero-order chi connectivity index (χ0) is 13.1. The fourth-order valence-electron chi connectivity index (χ4n) is 1.39. The smallest absolute Gasteiger partial charge is 0.256 e. The van der Waals surface area contributed by atoms with E-state index in [4.69, 9.17) is 4.42 Å². The van der Waals surface area contributed by atoms with Crippen LogP contribution in [0, 0.1) is 11.6 Å². The summed E-state index contributed by atoms with van der Waals surface area (Å²) in [5.41, 5.74) is 0.530. The molecule has 18 heavy (non-hydrogen) atoms. The molecule has 0 saturated carbocycles. The van der Waals surface area contributed by atoms with E-state index in [2.05, 4.69) is 21.2 Å². The van der Waals surface area contributed by atoms with E-state index < -0.39 is 17.5 Å². The van der Waals surface area contributed by atoms with Gasteiger partial charge in [0.2, 0.25) is 0 Å². The van der Waals surface area contributed by atoms with Gasteiger partial charge in [0.25, 0.3) is 5.91 Å². The molecule has 2 rings (SSSR count). The van der Waals surface area contributed by atoms with Crippen LogP contribution < -0.4 is 5.32 Å². The van der Waals surface area contributed by atoms with Gasteiger partial charge in [-0.1, -0.05) is 6.07 Å². The van der Waals surface area contributed by atoms with Crippen molar-refractivity contribution in [1.29, 1.82) is 0 Å². The number of halogens is 3. The van der Waals surface area contributed by atoms with Crippen molar-refractivity contribution in [2.24, 2.45) is 0 Å². The lowest BCUT2D eigenvalue weighted by Gasteiger charge is -2.05. The third-order valence-corrected chi connectivity index (χ3v) is 2.93. The molecule has 1 heterocycles. The number of hydrogen-bond donors (Lipinski definition) is 1. The van der Waals surface area contributed by atoms with Gasteiger partial charge < -0.3 is 9.73 Å². The molecule has 0 unspecified atom stereocenters. The molecule has 2 aromatic rings. The Bertz CT molecular complexity index is 583. The second kappa shape index (κ2) is 5.30. The van der Waals surface area contributed by atoms with E-state index in [0.717, 1.165) is 12.1 Å². The lowest BCUT2D eigenvalue weighted by Crippen LogP contribution is -2.23. The van der Waals surface area contributed by atoms with Crippen molar-refractivity contribution < 1.29 is 18.0 Å². The van der Waals surface area contributed by atoms with Gasteiger partial charge in [-0.3, -0.25) is 4.79 Å². The Morgan fingerprint density at radius 2 is 2.11 bits per heavy atom. The van der Waals surface area contributed by atoms with Gasteiger partial charge in [0.15, 0.2) is 4.67 Å². The van der Waals surface area contributed by atoms with Crippen molar-refractivity contribution in [2.45, 2.75) is 6.54 Å². The molecule has 94 valence electrons. The van der Waals surface area contributed by atoms with Crippen molar-refractivity contribution in [3.05, 3.63) is 58.0 Å². The van der Waals surface area contributed by atoms with E-state index in [1.54, 1.807) is 0 Å². The van der Waals surface area contributed by atoms with Gasteiger partial charge in [0.05, 0.1) is 11.8 Å². The molecular formula is C12H8BrF2NO2. The van der Waals surface area contributed by atoms with Gasteiger partial charge in [-0.2, -0.15) is 0 Å². The van der Waals surface area contributed by atoms with Crippen LogP contribution in [0.4, 0.5) is 8.78 Å². The molecule has 3 nitrogen and oxygen atoms in total. The summed E-state index contributed by atoms with van der Waals surface area (Å²) < 4.78 is 31.2. The maximum atomic E-state index is 13.3. The molecule has 0 saturated heterocycles. The molecule has 1 aromatic heterocycles. The Hall–Kier alpha value is -1.69. The van der Waals surface area contributed by atoms with E-state index in [9.17, 15) is 13.6 Å². The summed E-state index contributed by atoms with van der Waals surface area (Å²) in [6.07, 6.45) is 1.36. The van der Waals surface area contributed by atoms with Gasteiger partial charge >= 0.3 is 0 Å². The minimum absolute atomic E-state index is 0.0252. The number of carbonyl (C=O) groups excluding carboxylic acids is 1. The van der Waals surface area contributed by atoms with Gasteiger partial charge in [-0.25, -0.2) is 8.78 Å². The first-order valence-corrected chi connectivity index (χ1v) is 5.82. The monoisotopic (exact) mass is 315 g/mol. The number of nitrogens with one attached hydrogen (secondary N) is 1. The van der Waals surface area contributed by atoms with Crippen LogP contribution in [0.1, 0.15) is 15.9 Å². The fraction of sp³-hybridized carbons (Fsp3) is 0.0833. The minimum Gasteiger partial charge on any atom is -0.457 e. The van der Waals surface area contributed by atoms with E-state index in [0.29, 0.717) is 10.2 Å². The molecule has 6 heteroatoms. The van der Waals surface area contributed by atoms with Crippen molar-refractivity contribution in [3.8, 4) is 0 Å². The number of hydrogen-bond acceptors (Lipinski definition) is 2. The summed E-state index contributed by atoms with van der Waals surface area (Å²) >= 11 is 3.07. The highest BCUT2D eigenvalue weighted by Crippen LogP contribution is 2.17. The molecule has 0 fully saturated rings. The quantitative estimate of drug-likeness (QED) is 0.944. The summed E-state index contributed by atoms with van der Waals surface area (Å²) in [6, 6.07) is 4.68. The minimum atomic E-state index is -0.693. The highest BCUT2D eigenvalue weighted by molar-refractivity contribution is 9.10. The van der Waals surface area contributed by atoms with Crippen molar-refractivity contribution in [1.82, 2.24) is 5.32 Å². The summed E-state index contributed by atoms with van der Waals surface area (Å²) in [7, 11) is 0. The molecule has 0 atom stereocenters. The standard InChI is InChI=1S/C12H8BrF2NO2/c13-11-9(3-4-18-11)12(17)16-6-7-1-2-8(14)5-10(7)15/h1-5H,6H2,(H,16,17). The van der Waals surface area contributed by atoms with Crippen LogP contribution in [0.2, 0.25) is 0 Å². The average Bonchev–Trinajstić information content (AvgIpc) is 2.74. The Kier molecular flexibility index (Phi) is 3.76. The summed E-state index contributed by atoms with van der Waals surface area (Å²) in [4.78, 5) is 11.7. The number of furan rings is 1. The van der Waals surface area contributed by atoms with Crippen LogP contribution in [0.3, 0.4) is 0 Å². The first-order valence-electron chi connectivity index (χ1n) is 5.03. The number of benzene rings is 1. The van der Waals surface area contributed by atoms with Crippen LogP contribution in [0.5, 0.6) is 0 Å². The van der Waals surface area contributed by atoms with E-state index in [-0.39, 0.29) is 12.1 Å². The summed E-state index contributed by atoms with van der Waals surface area (Å²) in [5, 5.41) is 2.51.